The fraction of sp³-hybridized carbons (Fsp3) is 0.754. The molecule has 78 heavy (non-hydrogen) atoms. The van der Waals surface area contributed by atoms with Gasteiger partial charge in [-0.1, -0.05) is 297 Å². The summed E-state index contributed by atoms with van der Waals surface area (Å²) in [6.07, 6.45) is 85.1. The summed E-state index contributed by atoms with van der Waals surface area (Å²) < 4.78 is 23.4. The van der Waals surface area contributed by atoms with Gasteiger partial charge in [-0.15, -0.1) is 0 Å². The lowest BCUT2D eigenvalue weighted by Gasteiger charge is -2.29. The van der Waals surface area contributed by atoms with Crippen LogP contribution in [0.15, 0.2) is 97.2 Å². The summed E-state index contributed by atoms with van der Waals surface area (Å²) in [6, 6.07) is -0.889. The average Bonchev–Trinajstić information content (AvgIpc) is 3.41. The van der Waals surface area contributed by atoms with E-state index in [1.807, 2.05) is 27.2 Å². The maximum absolute atomic E-state index is 13.0. The van der Waals surface area contributed by atoms with Crippen molar-refractivity contribution < 1.29 is 32.9 Å². The first-order valence-electron chi connectivity index (χ1n) is 32.6. The van der Waals surface area contributed by atoms with E-state index in [4.69, 9.17) is 9.05 Å². The Kier molecular flexibility index (Phi) is 57.1. The van der Waals surface area contributed by atoms with Crippen LogP contribution in [0.2, 0.25) is 0 Å². The summed E-state index contributed by atoms with van der Waals surface area (Å²) >= 11 is 0. The molecule has 8 nitrogen and oxygen atoms in total. The Bertz CT molecular complexity index is 1590. The molecule has 0 fully saturated rings. The fourth-order valence-corrected chi connectivity index (χ4v) is 9.98. The SMILES string of the molecule is CC/C=C\C/C=C\C/C=C\C/C=C\C/C=C\C/C=C\C/C=C\CCCCCCCCCCCCCCCCCCCCCC(=O)NC(COP(=O)([O-])OCC[N+](C)(C)C)C(O)/C=C/CCCCCCCCCCCCCCC. The van der Waals surface area contributed by atoms with Gasteiger partial charge < -0.3 is 28.8 Å². The maximum Gasteiger partial charge on any atom is 0.268 e. The van der Waals surface area contributed by atoms with E-state index < -0.39 is 20.0 Å². The lowest BCUT2D eigenvalue weighted by atomic mass is 10.0. The van der Waals surface area contributed by atoms with E-state index in [0.717, 1.165) is 83.5 Å². The van der Waals surface area contributed by atoms with Crippen LogP contribution in [-0.2, 0) is 18.4 Å². The second-order valence-electron chi connectivity index (χ2n) is 23.1. The Hall–Kier alpha value is -2.58. The van der Waals surface area contributed by atoms with Gasteiger partial charge in [0, 0.05) is 6.42 Å². The van der Waals surface area contributed by atoms with Crippen molar-refractivity contribution in [3.8, 4) is 0 Å². The molecular weight excluding hydrogens is 984 g/mol. The molecule has 0 aliphatic carbocycles. The smallest absolute Gasteiger partial charge is 0.268 e. The Balaban J connectivity index is 3.95. The van der Waals surface area contributed by atoms with Crippen molar-refractivity contribution in [3.05, 3.63) is 97.2 Å². The van der Waals surface area contributed by atoms with Gasteiger partial charge in [0.15, 0.2) is 0 Å². The third-order valence-electron chi connectivity index (χ3n) is 14.3. The molecule has 0 aromatic heterocycles. The number of carbonyl (C=O) groups excluding carboxylic acids is 1. The monoisotopic (exact) mass is 1110 g/mol. The van der Waals surface area contributed by atoms with Gasteiger partial charge in [0.2, 0.25) is 5.91 Å². The fourth-order valence-electron chi connectivity index (χ4n) is 9.25. The summed E-state index contributed by atoms with van der Waals surface area (Å²) in [5.41, 5.74) is 0. The van der Waals surface area contributed by atoms with Gasteiger partial charge in [-0.3, -0.25) is 9.36 Å². The number of hydrogen-bond acceptors (Lipinski definition) is 6. The van der Waals surface area contributed by atoms with Gasteiger partial charge in [0.25, 0.3) is 7.82 Å². The molecule has 452 valence electrons. The molecule has 0 heterocycles. The van der Waals surface area contributed by atoms with E-state index in [0.29, 0.717) is 17.4 Å². The first-order chi connectivity index (χ1) is 38.0. The summed E-state index contributed by atoms with van der Waals surface area (Å²) in [5.74, 6) is -0.196. The molecule has 2 N–H and O–H groups in total. The molecule has 0 radical (unpaired) electrons. The van der Waals surface area contributed by atoms with E-state index >= 15 is 0 Å². The van der Waals surface area contributed by atoms with Crippen molar-refractivity contribution >= 4 is 13.7 Å². The molecule has 1 amide bonds. The highest BCUT2D eigenvalue weighted by Crippen LogP contribution is 2.38. The average molecular weight is 1110 g/mol. The Morgan fingerprint density at radius 2 is 0.782 bits per heavy atom. The second-order valence-corrected chi connectivity index (χ2v) is 24.5. The number of phosphoric acid groups is 1. The van der Waals surface area contributed by atoms with E-state index in [1.54, 1.807) is 6.08 Å². The van der Waals surface area contributed by atoms with Crippen molar-refractivity contribution in [1.29, 1.82) is 0 Å². The zero-order valence-electron chi connectivity index (χ0n) is 51.6. The third kappa shape index (κ3) is 61.0. The Labute approximate surface area is 483 Å². The highest BCUT2D eigenvalue weighted by Gasteiger charge is 2.23. The van der Waals surface area contributed by atoms with E-state index in [2.05, 4.69) is 104 Å². The highest BCUT2D eigenvalue weighted by molar-refractivity contribution is 7.45. The number of phosphoric ester groups is 1. The van der Waals surface area contributed by atoms with Crippen LogP contribution in [0.5, 0.6) is 0 Å². The number of aliphatic hydroxyl groups is 1. The van der Waals surface area contributed by atoms with Crippen LogP contribution in [0.4, 0.5) is 0 Å². The van der Waals surface area contributed by atoms with Crippen LogP contribution in [-0.4, -0.2) is 68.5 Å². The number of likely N-dealkylation sites (N-methyl/N-ethyl adjacent to an activating group) is 1. The number of nitrogens with one attached hydrogen (secondary N) is 1. The van der Waals surface area contributed by atoms with Crippen LogP contribution in [0.25, 0.3) is 0 Å². The quantitative estimate of drug-likeness (QED) is 0.0272. The van der Waals surface area contributed by atoms with Gasteiger partial charge in [0.05, 0.1) is 39.9 Å². The molecule has 0 spiro atoms. The molecule has 0 rings (SSSR count). The number of aliphatic hydroxyl groups excluding tert-OH is 1. The van der Waals surface area contributed by atoms with Crippen LogP contribution < -0.4 is 10.2 Å². The molecular formula is C69H125N2O6P. The van der Waals surface area contributed by atoms with Crippen LogP contribution in [0, 0.1) is 0 Å². The molecule has 0 aromatic rings. The minimum absolute atomic E-state index is 0.00215. The van der Waals surface area contributed by atoms with Crippen molar-refractivity contribution in [2.24, 2.45) is 0 Å². The van der Waals surface area contributed by atoms with E-state index in [9.17, 15) is 19.4 Å². The summed E-state index contributed by atoms with van der Waals surface area (Å²) in [5, 5.41) is 13.9. The van der Waals surface area contributed by atoms with Crippen LogP contribution in [0.1, 0.15) is 284 Å². The van der Waals surface area contributed by atoms with Crippen LogP contribution in [0.3, 0.4) is 0 Å². The molecule has 3 unspecified atom stereocenters. The standard InChI is InChI=1S/C69H125N2O6P/c1-6-8-10-12-14-16-18-20-22-23-24-25-26-27-28-29-30-31-32-33-34-35-36-37-38-39-40-41-42-43-44-45-46-47-49-51-53-55-57-59-61-63-69(73)70-67(66-77-78(74,75)76-65-64-71(3,4)5)68(72)62-60-58-56-54-52-50-48-21-19-17-15-13-11-9-7-2/h8,10,14,16,20,22,24-25,27-28,30-31,33-34,60,62,67-68,72H,6-7,9,11-13,15,17-19,21,23,26,29,32,35-59,61,63-66H2,1-5H3,(H-,70,73,74,75)/b10-8-,16-14-,22-20-,25-24-,28-27-,31-30-,34-33-,62-60+. The zero-order valence-corrected chi connectivity index (χ0v) is 52.5. The molecule has 0 saturated carbocycles. The minimum Gasteiger partial charge on any atom is -0.756 e. The van der Waals surface area contributed by atoms with Crippen molar-refractivity contribution in [2.75, 3.05) is 40.9 Å². The third-order valence-corrected chi connectivity index (χ3v) is 15.3. The van der Waals surface area contributed by atoms with E-state index in [-0.39, 0.29) is 19.1 Å². The topological polar surface area (TPSA) is 108 Å². The lowest BCUT2D eigenvalue weighted by Crippen LogP contribution is -2.45. The number of carbonyl (C=O) groups is 1. The number of nitrogens with zero attached hydrogens (tertiary/aromatic N) is 1. The first kappa shape index (κ1) is 75.4. The zero-order chi connectivity index (χ0) is 57.0. The molecule has 3 atom stereocenters. The number of amides is 1. The molecule has 0 aliphatic rings. The largest absolute Gasteiger partial charge is 0.756 e. The van der Waals surface area contributed by atoms with Gasteiger partial charge in [0.1, 0.15) is 13.2 Å². The molecule has 0 aromatic carbocycles. The summed E-state index contributed by atoms with van der Waals surface area (Å²) in [7, 11) is 1.26. The minimum atomic E-state index is -4.60. The molecule has 9 heteroatoms. The van der Waals surface area contributed by atoms with E-state index in [1.165, 1.54) is 180 Å². The molecule has 0 saturated heterocycles. The van der Waals surface area contributed by atoms with Crippen LogP contribution >= 0.6 is 7.82 Å². The highest BCUT2D eigenvalue weighted by atomic mass is 31.2. The van der Waals surface area contributed by atoms with Crippen molar-refractivity contribution in [3.63, 3.8) is 0 Å². The Morgan fingerprint density at radius 3 is 1.14 bits per heavy atom. The van der Waals surface area contributed by atoms with Gasteiger partial charge in [-0.2, -0.15) is 0 Å². The predicted molar refractivity (Wildman–Crippen MR) is 339 cm³/mol. The van der Waals surface area contributed by atoms with Crippen molar-refractivity contribution in [2.45, 2.75) is 296 Å². The molecule has 0 bridgehead atoms. The van der Waals surface area contributed by atoms with Crippen molar-refractivity contribution in [1.82, 2.24) is 5.32 Å². The number of unbranched alkanes of at least 4 members (excludes halogenated alkanes) is 32. The molecule has 0 aliphatic heterocycles. The van der Waals surface area contributed by atoms with Gasteiger partial charge in [-0.25, -0.2) is 0 Å². The number of quaternary nitrogens is 1. The number of allylic oxidation sites excluding steroid dienone is 15. The maximum atomic E-state index is 13.0. The second kappa shape index (κ2) is 59.1. The first-order valence-corrected chi connectivity index (χ1v) is 34.1. The normalized spacial score (nSPS) is 14.4. The van der Waals surface area contributed by atoms with Gasteiger partial charge in [-0.05, 0) is 77.0 Å². The number of hydrogen-bond donors (Lipinski definition) is 2. The summed E-state index contributed by atoms with van der Waals surface area (Å²) in [6.45, 7) is 4.55. The summed E-state index contributed by atoms with van der Waals surface area (Å²) in [4.78, 5) is 25.5. The van der Waals surface area contributed by atoms with Gasteiger partial charge >= 0.3 is 0 Å². The predicted octanol–water partition coefficient (Wildman–Crippen LogP) is 19.9. The Morgan fingerprint density at radius 1 is 0.462 bits per heavy atom. The lowest BCUT2D eigenvalue weighted by molar-refractivity contribution is -0.870. The number of rotatable bonds is 59.